The highest BCUT2D eigenvalue weighted by Crippen LogP contribution is 2.20. The van der Waals surface area contributed by atoms with Gasteiger partial charge in [-0.2, -0.15) is 4.68 Å². The second-order valence-electron chi connectivity index (χ2n) is 6.62. The Morgan fingerprint density at radius 3 is 2.64 bits per heavy atom. The van der Waals surface area contributed by atoms with Crippen molar-refractivity contribution < 1.29 is 4.79 Å². The standard InChI is InChI=1S/C19H21ClN6OS/c1-13-8-9-15(10-14(13)2)26-19(28)25(22-23-26)12-24(3)11-18(27)21-17-7-5-4-6-16(17)20/h4-10H,11-12H2,1-3H3,(H,21,27). The number of amides is 1. The maximum atomic E-state index is 12.3. The Balaban J connectivity index is 1.66. The summed E-state index contributed by atoms with van der Waals surface area (Å²) in [6.07, 6.45) is 0. The zero-order valence-electron chi connectivity index (χ0n) is 15.9. The minimum Gasteiger partial charge on any atom is -0.324 e. The largest absolute Gasteiger partial charge is 0.324 e. The van der Waals surface area contributed by atoms with E-state index in [1.54, 1.807) is 26.4 Å². The number of rotatable bonds is 6. The summed E-state index contributed by atoms with van der Waals surface area (Å²) < 4.78 is 3.65. The molecule has 3 rings (SSSR count). The van der Waals surface area contributed by atoms with Crippen LogP contribution >= 0.6 is 23.8 Å². The van der Waals surface area contributed by atoms with Gasteiger partial charge in [-0.25, -0.2) is 4.68 Å². The first-order valence-electron chi connectivity index (χ1n) is 8.68. The number of carbonyl (C=O) groups is 1. The Hall–Kier alpha value is -2.55. The molecule has 0 spiro atoms. The number of benzene rings is 2. The fourth-order valence-corrected chi connectivity index (χ4v) is 3.08. The molecule has 7 nitrogen and oxygen atoms in total. The van der Waals surface area contributed by atoms with E-state index in [4.69, 9.17) is 23.8 Å². The van der Waals surface area contributed by atoms with Crippen molar-refractivity contribution in [2.24, 2.45) is 0 Å². The molecule has 2 aromatic carbocycles. The van der Waals surface area contributed by atoms with Crippen LogP contribution in [0.1, 0.15) is 11.1 Å². The van der Waals surface area contributed by atoms with Crippen molar-refractivity contribution in [2.75, 3.05) is 18.9 Å². The molecule has 1 N–H and O–H groups in total. The van der Waals surface area contributed by atoms with E-state index in [2.05, 4.69) is 22.7 Å². The number of likely N-dealkylation sites (N-methyl/N-ethyl adjacent to an activating group) is 1. The molecule has 1 aromatic heterocycles. The highest BCUT2D eigenvalue weighted by atomic mass is 35.5. The molecular weight excluding hydrogens is 396 g/mol. The first-order chi connectivity index (χ1) is 13.3. The van der Waals surface area contributed by atoms with Crippen LogP contribution in [0, 0.1) is 18.6 Å². The van der Waals surface area contributed by atoms with Gasteiger partial charge in [-0.1, -0.05) is 29.8 Å². The topological polar surface area (TPSA) is 68.0 Å². The third kappa shape index (κ3) is 4.64. The lowest BCUT2D eigenvalue weighted by Gasteiger charge is -2.16. The smallest absolute Gasteiger partial charge is 0.238 e. The average molecular weight is 417 g/mol. The van der Waals surface area contributed by atoms with Crippen molar-refractivity contribution in [1.82, 2.24) is 24.7 Å². The molecule has 0 aliphatic heterocycles. The van der Waals surface area contributed by atoms with Gasteiger partial charge in [-0.3, -0.25) is 9.69 Å². The molecule has 0 saturated carbocycles. The first kappa shape index (κ1) is 20.2. The monoisotopic (exact) mass is 416 g/mol. The number of halogens is 1. The van der Waals surface area contributed by atoms with E-state index >= 15 is 0 Å². The molecule has 0 saturated heterocycles. The van der Waals surface area contributed by atoms with Crippen LogP contribution < -0.4 is 5.32 Å². The third-order valence-corrected chi connectivity index (χ3v) is 5.02. The zero-order chi connectivity index (χ0) is 20.3. The van der Waals surface area contributed by atoms with Crippen molar-refractivity contribution in [1.29, 1.82) is 0 Å². The fourth-order valence-electron chi connectivity index (χ4n) is 2.66. The Morgan fingerprint density at radius 2 is 1.93 bits per heavy atom. The number of hydrogen-bond donors (Lipinski definition) is 1. The zero-order valence-corrected chi connectivity index (χ0v) is 17.5. The molecule has 0 unspecified atom stereocenters. The van der Waals surface area contributed by atoms with E-state index < -0.39 is 0 Å². The van der Waals surface area contributed by atoms with E-state index in [-0.39, 0.29) is 12.5 Å². The van der Waals surface area contributed by atoms with E-state index in [0.29, 0.717) is 22.1 Å². The Bertz CT molecular complexity index is 1060. The van der Waals surface area contributed by atoms with E-state index in [1.165, 1.54) is 5.56 Å². The fraction of sp³-hybridized carbons (Fsp3) is 0.263. The molecule has 9 heteroatoms. The van der Waals surface area contributed by atoms with Crippen LogP contribution in [-0.2, 0) is 11.5 Å². The number of anilines is 1. The van der Waals surface area contributed by atoms with Crippen LogP contribution in [-0.4, -0.2) is 44.2 Å². The number of aromatic nitrogens is 4. The van der Waals surface area contributed by atoms with Crippen LogP contribution in [0.3, 0.4) is 0 Å². The predicted molar refractivity (Wildman–Crippen MR) is 112 cm³/mol. The van der Waals surface area contributed by atoms with Gasteiger partial charge in [0.15, 0.2) is 0 Å². The van der Waals surface area contributed by atoms with Crippen LogP contribution in [0.5, 0.6) is 0 Å². The molecule has 0 aliphatic carbocycles. The van der Waals surface area contributed by atoms with E-state index in [1.807, 2.05) is 44.3 Å². The van der Waals surface area contributed by atoms with Gasteiger partial charge in [0.05, 0.1) is 29.6 Å². The molecule has 3 aromatic rings. The Labute approximate surface area is 173 Å². The maximum absolute atomic E-state index is 12.3. The van der Waals surface area contributed by atoms with Crippen molar-refractivity contribution in [3.63, 3.8) is 0 Å². The molecule has 146 valence electrons. The van der Waals surface area contributed by atoms with Gasteiger partial charge in [0.25, 0.3) is 0 Å². The SMILES string of the molecule is Cc1ccc(-n2nnn(CN(C)CC(=O)Nc3ccccc3Cl)c2=S)cc1C. The third-order valence-electron chi connectivity index (χ3n) is 4.31. The highest BCUT2D eigenvalue weighted by Gasteiger charge is 2.12. The van der Waals surface area contributed by atoms with Gasteiger partial charge in [-0.15, -0.1) is 0 Å². The summed E-state index contributed by atoms with van der Waals surface area (Å²) in [6.45, 7) is 4.58. The number of tetrazole rings is 1. The van der Waals surface area contributed by atoms with Gasteiger partial charge in [0.2, 0.25) is 10.7 Å². The summed E-state index contributed by atoms with van der Waals surface area (Å²) in [6, 6.07) is 13.1. The summed E-state index contributed by atoms with van der Waals surface area (Å²) in [5.74, 6) is -0.177. The molecule has 0 aliphatic rings. The number of nitrogens with zero attached hydrogens (tertiary/aromatic N) is 5. The van der Waals surface area contributed by atoms with Gasteiger partial charge in [0.1, 0.15) is 0 Å². The average Bonchev–Trinajstić information content (AvgIpc) is 3.00. The normalized spacial score (nSPS) is 11.0. The Kier molecular flexibility index (Phi) is 6.23. The van der Waals surface area contributed by atoms with Crippen molar-refractivity contribution in [3.05, 3.63) is 63.4 Å². The Morgan fingerprint density at radius 1 is 1.18 bits per heavy atom. The molecule has 28 heavy (non-hydrogen) atoms. The molecule has 0 bridgehead atoms. The minimum absolute atomic E-state index is 0.156. The summed E-state index contributed by atoms with van der Waals surface area (Å²) >= 11 is 11.6. The molecule has 1 amide bonds. The van der Waals surface area contributed by atoms with E-state index in [9.17, 15) is 4.79 Å². The number of para-hydroxylation sites is 1. The van der Waals surface area contributed by atoms with Crippen LogP contribution in [0.25, 0.3) is 5.69 Å². The van der Waals surface area contributed by atoms with Crippen LogP contribution in [0.2, 0.25) is 5.02 Å². The first-order valence-corrected chi connectivity index (χ1v) is 9.47. The van der Waals surface area contributed by atoms with Gasteiger partial charge in [0, 0.05) is 0 Å². The molecule has 1 heterocycles. The van der Waals surface area contributed by atoms with Crippen LogP contribution in [0.4, 0.5) is 5.69 Å². The highest BCUT2D eigenvalue weighted by molar-refractivity contribution is 7.71. The second kappa shape index (κ2) is 8.64. The van der Waals surface area contributed by atoms with Gasteiger partial charge >= 0.3 is 0 Å². The van der Waals surface area contributed by atoms with Crippen molar-refractivity contribution >= 4 is 35.4 Å². The quantitative estimate of drug-likeness (QED) is 0.622. The summed E-state index contributed by atoms with van der Waals surface area (Å²) in [4.78, 5) is 14.1. The number of nitrogens with one attached hydrogen (secondary N) is 1. The molecule has 0 radical (unpaired) electrons. The predicted octanol–water partition coefficient (Wildman–Crippen LogP) is 3.60. The van der Waals surface area contributed by atoms with E-state index in [0.717, 1.165) is 11.3 Å². The lowest BCUT2D eigenvalue weighted by atomic mass is 10.1. The molecule has 0 fully saturated rings. The van der Waals surface area contributed by atoms with Crippen LogP contribution in [0.15, 0.2) is 42.5 Å². The molecular formula is C19H21ClN6OS. The number of carbonyl (C=O) groups excluding carboxylic acids is 1. The lowest BCUT2D eigenvalue weighted by molar-refractivity contribution is -0.117. The summed E-state index contributed by atoms with van der Waals surface area (Å²) in [5, 5.41) is 11.6. The number of hydrogen-bond acceptors (Lipinski definition) is 5. The second-order valence-corrected chi connectivity index (χ2v) is 7.40. The number of aryl methyl sites for hydroxylation is 2. The maximum Gasteiger partial charge on any atom is 0.238 e. The minimum atomic E-state index is -0.177. The molecule has 0 atom stereocenters. The summed E-state index contributed by atoms with van der Waals surface area (Å²) in [5.41, 5.74) is 3.80. The summed E-state index contributed by atoms with van der Waals surface area (Å²) in [7, 11) is 1.81. The lowest BCUT2D eigenvalue weighted by Crippen LogP contribution is -2.32. The van der Waals surface area contributed by atoms with Crippen molar-refractivity contribution in [3.8, 4) is 5.69 Å². The van der Waals surface area contributed by atoms with Gasteiger partial charge in [-0.05, 0) is 78.9 Å². The van der Waals surface area contributed by atoms with Crippen molar-refractivity contribution in [2.45, 2.75) is 20.5 Å². The van der Waals surface area contributed by atoms with Gasteiger partial charge < -0.3 is 5.32 Å².